The lowest BCUT2D eigenvalue weighted by molar-refractivity contribution is 0.0743. The molecule has 0 spiro atoms. The highest BCUT2D eigenvalue weighted by atomic mass is 32.1. The molecule has 3 aromatic rings. The van der Waals surface area contributed by atoms with Gasteiger partial charge in [-0.05, 0) is 24.3 Å². The summed E-state index contributed by atoms with van der Waals surface area (Å²) in [5, 5.41) is 0.786. The first-order chi connectivity index (χ1) is 13.6. The summed E-state index contributed by atoms with van der Waals surface area (Å²) in [6, 6.07) is 10.2. The largest absolute Gasteiger partial charge is 0.497 e. The number of nitrogens with zero attached hydrogens (tertiary/aromatic N) is 3. The molecule has 0 unspecified atom stereocenters. The van der Waals surface area contributed by atoms with Gasteiger partial charge in [-0.15, -0.1) is 0 Å². The molecular weight excluding hydrogens is 381 g/mol. The zero-order chi connectivity index (χ0) is 19.7. The highest BCUT2D eigenvalue weighted by Crippen LogP contribution is 2.31. The van der Waals surface area contributed by atoms with Crippen LogP contribution in [-0.2, 0) is 0 Å². The quantitative estimate of drug-likeness (QED) is 0.671. The fourth-order valence-electron chi connectivity index (χ4n) is 3.28. The molecule has 2 heterocycles. The van der Waals surface area contributed by atoms with Crippen LogP contribution in [0.1, 0.15) is 10.4 Å². The summed E-state index contributed by atoms with van der Waals surface area (Å²) < 4.78 is 25.3. The van der Waals surface area contributed by atoms with Crippen molar-refractivity contribution in [2.75, 3.05) is 45.3 Å². The van der Waals surface area contributed by atoms with Crippen LogP contribution in [0.2, 0.25) is 0 Å². The van der Waals surface area contributed by atoms with Gasteiger partial charge in [0, 0.05) is 32.2 Å². The number of aromatic nitrogens is 1. The van der Waals surface area contributed by atoms with Gasteiger partial charge in [-0.25, -0.2) is 9.37 Å². The van der Waals surface area contributed by atoms with Crippen LogP contribution in [0.15, 0.2) is 36.4 Å². The number of thiazole rings is 1. The number of carbonyl (C=O) groups is 1. The van der Waals surface area contributed by atoms with Gasteiger partial charge >= 0.3 is 0 Å². The number of hydrogen-bond acceptors (Lipinski definition) is 6. The van der Waals surface area contributed by atoms with E-state index < -0.39 is 0 Å². The summed E-state index contributed by atoms with van der Waals surface area (Å²) in [6.07, 6.45) is 0. The summed E-state index contributed by atoms with van der Waals surface area (Å²) >= 11 is 1.47. The molecule has 0 aliphatic carbocycles. The van der Waals surface area contributed by atoms with E-state index in [-0.39, 0.29) is 11.7 Å². The topological polar surface area (TPSA) is 54.9 Å². The zero-order valence-electron chi connectivity index (χ0n) is 15.6. The Balaban J connectivity index is 1.47. The Hall–Kier alpha value is -2.87. The lowest BCUT2D eigenvalue weighted by atomic mass is 10.1. The molecule has 4 rings (SSSR count). The molecule has 146 valence electrons. The van der Waals surface area contributed by atoms with Gasteiger partial charge in [0.05, 0.1) is 24.5 Å². The number of carbonyl (C=O) groups excluding carboxylic acids is 1. The number of amides is 1. The van der Waals surface area contributed by atoms with Gasteiger partial charge < -0.3 is 19.3 Å². The molecule has 1 amide bonds. The fraction of sp³-hybridized carbons (Fsp3) is 0.300. The third-order valence-electron chi connectivity index (χ3n) is 4.83. The Morgan fingerprint density at radius 1 is 1.11 bits per heavy atom. The second kappa shape index (κ2) is 7.63. The predicted octanol–water partition coefficient (Wildman–Crippen LogP) is 3.42. The first-order valence-corrected chi connectivity index (χ1v) is 9.73. The molecule has 1 fully saturated rings. The van der Waals surface area contributed by atoms with E-state index in [0.29, 0.717) is 48.8 Å². The first-order valence-electron chi connectivity index (χ1n) is 8.92. The number of methoxy groups -OCH3 is 2. The molecule has 2 aromatic carbocycles. The second-order valence-electron chi connectivity index (χ2n) is 6.43. The minimum atomic E-state index is -0.305. The third kappa shape index (κ3) is 3.35. The van der Waals surface area contributed by atoms with Crippen LogP contribution in [0, 0.1) is 5.82 Å². The maximum absolute atomic E-state index is 13.9. The van der Waals surface area contributed by atoms with Crippen LogP contribution in [0.5, 0.6) is 11.5 Å². The maximum atomic E-state index is 13.9. The number of halogens is 1. The molecule has 6 nitrogen and oxygen atoms in total. The van der Waals surface area contributed by atoms with Crippen LogP contribution in [0.3, 0.4) is 0 Å². The van der Waals surface area contributed by atoms with E-state index in [1.165, 1.54) is 24.5 Å². The van der Waals surface area contributed by atoms with Gasteiger partial charge in [0.2, 0.25) is 0 Å². The van der Waals surface area contributed by atoms with Crippen molar-refractivity contribution >= 4 is 32.6 Å². The minimum Gasteiger partial charge on any atom is -0.497 e. The summed E-state index contributed by atoms with van der Waals surface area (Å²) in [6.45, 7) is 2.41. The van der Waals surface area contributed by atoms with E-state index in [1.807, 2.05) is 6.07 Å². The molecule has 28 heavy (non-hydrogen) atoms. The van der Waals surface area contributed by atoms with Crippen LogP contribution >= 0.6 is 11.3 Å². The van der Waals surface area contributed by atoms with E-state index in [9.17, 15) is 9.18 Å². The minimum absolute atomic E-state index is 0.0745. The van der Waals surface area contributed by atoms with Gasteiger partial charge in [-0.3, -0.25) is 4.79 Å². The van der Waals surface area contributed by atoms with Crippen LogP contribution in [-0.4, -0.2) is 56.2 Å². The predicted molar refractivity (Wildman–Crippen MR) is 107 cm³/mol. The number of ether oxygens (including phenoxy) is 2. The Kier molecular flexibility index (Phi) is 5.04. The molecule has 1 aliphatic rings. The van der Waals surface area contributed by atoms with Crippen molar-refractivity contribution in [3.63, 3.8) is 0 Å². The van der Waals surface area contributed by atoms with Crippen LogP contribution in [0.25, 0.3) is 10.2 Å². The third-order valence-corrected chi connectivity index (χ3v) is 5.92. The van der Waals surface area contributed by atoms with Crippen LogP contribution < -0.4 is 14.4 Å². The molecule has 0 radical (unpaired) electrons. The van der Waals surface area contributed by atoms with E-state index in [1.54, 1.807) is 36.3 Å². The smallest absolute Gasteiger partial charge is 0.257 e. The Labute approximate surface area is 166 Å². The number of hydrogen-bond donors (Lipinski definition) is 0. The highest BCUT2D eigenvalue weighted by molar-refractivity contribution is 7.22. The van der Waals surface area contributed by atoms with E-state index >= 15 is 0 Å². The van der Waals surface area contributed by atoms with Crippen molar-refractivity contribution in [1.82, 2.24) is 9.88 Å². The SMILES string of the molecule is COc1ccc(C(=O)N2CCN(c3nc4c(F)cccc4s3)CC2)c(OC)c1. The van der Waals surface area contributed by atoms with Crippen molar-refractivity contribution in [2.24, 2.45) is 0 Å². The lowest BCUT2D eigenvalue weighted by Crippen LogP contribution is -2.48. The maximum Gasteiger partial charge on any atom is 0.257 e. The molecule has 0 N–H and O–H groups in total. The molecule has 1 aromatic heterocycles. The Morgan fingerprint density at radius 2 is 1.89 bits per heavy atom. The van der Waals surface area contributed by atoms with Crippen molar-refractivity contribution in [3.05, 3.63) is 47.8 Å². The molecule has 0 bridgehead atoms. The normalized spacial score (nSPS) is 14.4. The molecule has 8 heteroatoms. The van der Waals surface area contributed by atoms with E-state index in [2.05, 4.69) is 9.88 Å². The average molecular weight is 401 g/mol. The number of rotatable bonds is 4. The summed E-state index contributed by atoms with van der Waals surface area (Å²) in [5.41, 5.74) is 0.919. The van der Waals surface area contributed by atoms with Crippen molar-refractivity contribution < 1.29 is 18.7 Å². The monoisotopic (exact) mass is 401 g/mol. The average Bonchev–Trinajstić information content (AvgIpc) is 3.18. The van der Waals surface area contributed by atoms with Crippen molar-refractivity contribution in [3.8, 4) is 11.5 Å². The fourth-order valence-corrected chi connectivity index (χ4v) is 4.32. The second-order valence-corrected chi connectivity index (χ2v) is 7.44. The molecule has 0 atom stereocenters. The molecule has 0 saturated carbocycles. The van der Waals surface area contributed by atoms with Gasteiger partial charge in [0.15, 0.2) is 5.13 Å². The number of anilines is 1. The van der Waals surface area contributed by atoms with Crippen molar-refractivity contribution in [2.45, 2.75) is 0 Å². The molecular formula is C20H20FN3O3S. The zero-order valence-corrected chi connectivity index (χ0v) is 16.5. The standard InChI is InChI=1S/C20H20FN3O3S/c1-26-13-6-7-14(16(12-13)27-2)19(25)23-8-10-24(11-9-23)20-22-18-15(21)4-3-5-17(18)28-20/h3-7,12H,8-11H2,1-2H3. The van der Waals surface area contributed by atoms with Gasteiger partial charge in [0.25, 0.3) is 5.91 Å². The van der Waals surface area contributed by atoms with E-state index in [0.717, 1.165) is 9.83 Å². The van der Waals surface area contributed by atoms with E-state index in [4.69, 9.17) is 9.47 Å². The highest BCUT2D eigenvalue weighted by Gasteiger charge is 2.26. The first kappa shape index (κ1) is 18.5. The summed E-state index contributed by atoms with van der Waals surface area (Å²) in [4.78, 5) is 21.3. The number of fused-ring (bicyclic) bond motifs is 1. The van der Waals surface area contributed by atoms with Crippen molar-refractivity contribution in [1.29, 1.82) is 0 Å². The van der Waals surface area contributed by atoms with Gasteiger partial charge in [-0.2, -0.15) is 0 Å². The Morgan fingerprint density at radius 3 is 2.57 bits per heavy atom. The number of piperazine rings is 1. The number of benzene rings is 2. The lowest BCUT2D eigenvalue weighted by Gasteiger charge is -2.34. The van der Waals surface area contributed by atoms with Gasteiger partial charge in [0.1, 0.15) is 22.8 Å². The van der Waals surface area contributed by atoms with Gasteiger partial charge in [-0.1, -0.05) is 17.4 Å². The number of para-hydroxylation sites is 1. The molecule has 1 saturated heterocycles. The summed E-state index contributed by atoms with van der Waals surface area (Å²) in [7, 11) is 3.11. The summed E-state index contributed by atoms with van der Waals surface area (Å²) in [5.74, 6) is 0.754. The Bertz CT molecular complexity index is 1020. The molecule has 1 aliphatic heterocycles. The van der Waals surface area contributed by atoms with Crippen LogP contribution in [0.4, 0.5) is 9.52 Å².